The Balaban J connectivity index is 2.93. The van der Waals surface area contributed by atoms with Gasteiger partial charge in [-0.25, -0.2) is 0 Å². The van der Waals surface area contributed by atoms with Crippen molar-refractivity contribution in [1.29, 1.82) is 0 Å². The molecule has 0 saturated carbocycles. The predicted octanol–water partition coefficient (Wildman–Crippen LogP) is 2.07. The number of hydrogen-bond acceptors (Lipinski definition) is 2. The Kier molecular flexibility index (Phi) is 3.44. The van der Waals surface area contributed by atoms with E-state index in [0.717, 1.165) is 13.0 Å². The molecular weight excluding hydrogens is 190 g/mol. The summed E-state index contributed by atoms with van der Waals surface area (Å²) in [5.41, 5.74) is 0.0257. The van der Waals surface area contributed by atoms with Crippen LogP contribution in [0, 0.1) is 17.3 Å². The minimum Gasteiger partial charge on any atom is -0.481 e. The Bertz CT molecular complexity index is 244. The van der Waals surface area contributed by atoms with Gasteiger partial charge in [-0.15, -0.1) is 0 Å². The second-order valence-electron chi connectivity index (χ2n) is 6.04. The van der Waals surface area contributed by atoms with Crippen LogP contribution in [0.5, 0.6) is 0 Å². The van der Waals surface area contributed by atoms with Crippen molar-refractivity contribution in [2.75, 3.05) is 13.6 Å². The molecule has 0 aromatic rings. The molecule has 1 N–H and O–H groups in total. The number of nitrogens with zero attached hydrogens (tertiary/aromatic N) is 1. The van der Waals surface area contributed by atoms with Crippen molar-refractivity contribution in [3.05, 3.63) is 0 Å². The maximum Gasteiger partial charge on any atom is 0.308 e. The second kappa shape index (κ2) is 4.12. The molecule has 0 amide bonds. The SMILES string of the molecule is CC1CC(C(=O)O)C(C(C)(C)C)N(C)C1. The van der Waals surface area contributed by atoms with Crippen molar-refractivity contribution in [1.82, 2.24) is 4.90 Å². The number of carbonyl (C=O) groups is 1. The van der Waals surface area contributed by atoms with Crippen molar-refractivity contribution in [2.24, 2.45) is 17.3 Å². The standard InChI is InChI=1S/C12H23NO2/c1-8-6-9(11(14)15)10(12(2,3)4)13(5)7-8/h8-10H,6-7H2,1-5H3,(H,14,15). The van der Waals surface area contributed by atoms with Gasteiger partial charge in [0, 0.05) is 12.6 Å². The van der Waals surface area contributed by atoms with Crippen molar-refractivity contribution in [3.8, 4) is 0 Å². The Labute approximate surface area is 92.5 Å². The van der Waals surface area contributed by atoms with Crippen molar-refractivity contribution in [2.45, 2.75) is 40.2 Å². The van der Waals surface area contributed by atoms with E-state index >= 15 is 0 Å². The molecule has 3 unspecified atom stereocenters. The van der Waals surface area contributed by atoms with Crippen LogP contribution in [0.3, 0.4) is 0 Å². The lowest BCUT2D eigenvalue weighted by Gasteiger charge is -2.46. The largest absolute Gasteiger partial charge is 0.481 e. The fraction of sp³-hybridized carbons (Fsp3) is 0.917. The number of piperidine rings is 1. The average molecular weight is 213 g/mol. The third kappa shape index (κ3) is 2.71. The molecule has 1 fully saturated rings. The molecule has 1 rings (SSSR count). The summed E-state index contributed by atoms with van der Waals surface area (Å²) in [7, 11) is 2.04. The summed E-state index contributed by atoms with van der Waals surface area (Å²) in [5.74, 6) is -0.387. The third-order valence-corrected chi connectivity index (χ3v) is 3.32. The molecule has 0 bridgehead atoms. The van der Waals surface area contributed by atoms with Gasteiger partial charge in [-0.2, -0.15) is 0 Å². The fourth-order valence-corrected chi connectivity index (χ4v) is 3.05. The summed E-state index contributed by atoms with van der Waals surface area (Å²) < 4.78 is 0. The smallest absolute Gasteiger partial charge is 0.308 e. The van der Waals surface area contributed by atoms with Crippen molar-refractivity contribution >= 4 is 5.97 Å². The monoisotopic (exact) mass is 213 g/mol. The van der Waals surface area contributed by atoms with E-state index < -0.39 is 5.97 Å². The minimum atomic E-state index is -0.645. The highest BCUT2D eigenvalue weighted by Crippen LogP contribution is 2.37. The van der Waals surface area contributed by atoms with Crippen molar-refractivity contribution in [3.63, 3.8) is 0 Å². The lowest BCUT2D eigenvalue weighted by atomic mass is 9.72. The summed E-state index contributed by atoms with van der Waals surface area (Å²) in [6.07, 6.45) is 0.807. The van der Waals surface area contributed by atoms with E-state index in [-0.39, 0.29) is 17.4 Å². The Hall–Kier alpha value is -0.570. The van der Waals surface area contributed by atoms with Gasteiger partial charge in [0.05, 0.1) is 5.92 Å². The molecule has 1 heterocycles. The summed E-state index contributed by atoms with van der Waals surface area (Å²) in [6.45, 7) is 9.51. The molecule has 0 aliphatic carbocycles. The van der Waals surface area contributed by atoms with Gasteiger partial charge in [0.15, 0.2) is 0 Å². The van der Waals surface area contributed by atoms with Crippen LogP contribution >= 0.6 is 0 Å². The molecule has 3 heteroatoms. The molecule has 88 valence electrons. The van der Waals surface area contributed by atoms with Gasteiger partial charge in [-0.1, -0.05) is 27.7 Å². The summed E-state index contributed by atoms with van der Waals surface area (Å²) in [4.78, 5) is 13.5. The quantitative estimate of drug-likeness (QED) is 0.725. The molecule has 0 radical (unpaired) electrons. The number of likely N-dealkylation sites (tertiary alicyclic amines) is 1. The fourth-order valence-electron chi connectivity index (χ4n) is 3.05. The van der Waals surface area contributed by atoms with Crippen LogP contribution in [0.1, 0.15) is 34.1 Å². The lowest BCUT2D eigenvalue weighted by molar-refractivity contribution is -0.149. The highest BCUT2D eigenvalue weighted by Gasteiger charge is 2.43. The molecule has 1 aliphatic rings. The Morgan fingerprint density at radius 2 is 1.93 bits per heavy atom. The van der Waals surface area contributed by atoms with Crippen LogP contribution in [-0.2, 0) is 4.79 Å². The zero-order valence-corrected chi connectivity index (χ0v) is 10.4. The molecule has 0 aromatic carbocycles. The van der Waals surface area contributed by atoms with Crippen LogP contribution in [0.15, 0.2) is 0 Å². The van der Waals surface area contributed by atoms with E-state index in [1.54, 1.807) is 0 Å². The number of carboxylic acids is 1. The van der Waals surface area contributed by atoms with E-state index in [1.807, 2.05) is 7.05 Å². The summed E-state index contributed by atoms with van der Waals surface area (Å²) >= 11 is 0. The first kappa shape index (κ1) is 12.5. The first-order valence-corrected chi connectivity index (χ1v) is 5.66. The highest BCUT2D eigenvalue weighted by atomic mass is 16.4. The molecule has 15 heavy (non-hydrogen) atoms. The molecule has 1 saturated heterocycles. The van der Waals surface area contributed by atoms with Crippen LogP contribution in [0.25, 0.3) is 0 Å². The van der Waals surface area contributed by atoms with Crippen LogP contribution in [0.2, 0.25) is 0 Å². The van der Waals surface area contributed by atoms with Gasteiger partial charge in [-0.3, -0.25) is 4.79 Å². The number of rotatable bonds is 1. The van der Waals surface area contributed by atoms with E-state index in [1.165, 1.54) is 0 Å². The van der Waals surface area contributed by atoms with E-state index in [2.05, 4.69) is 32.6 Å². The zero-order chi connectivity index (χ0) is 11.8. The van der Waals surface area contributed by atoms with Gasteiger partial charge < -0.3 is 10.0 Å². The van der Waals surface area contributed by atoms with Gasteiger partial charge in [0.2, 0.25) is 0 Å². The molecule has 3 nitrogen and oxygen atoms in total. The van der Waals surface area contributed by atoms with E-state index in [9.17, 15) is 9.90 Å². The molecular formula is C12H23NO2. The maximum atomic E-state index is 11.3. The van der Waals surface area contributed by atoms with Gasteiger partial charge in [0.25, 0.3) is 0 Å². The second-order valence-corrected chi connectivity index (χ2v) is 6.04. The number of carboxylic acid groups (broad SMARTS) is 1. The van der Waals surface area contributed by atoms with E-state index in [4.69, 9.17) is 0 Å². The molecule has 3 atom stereocenters. The molecule has 0 spiro atoms. The van der Waals surface area contributed by atoms with Gasteiger partial charge in [-0.05, 0) is 24.8 Å². The van der Waals surface area contributed by atoms with Gasteiger partial charge >= 0.3 is 5.97 Å². The topological polar surface area (TPSA) is 40.5 Å². The number of hydrogen-bond donors (Lipinski definition) is 1. The van der Waals surface area contributed by atoms with Crippen molar-refractivity contribution < 1.29 is 9.90 Å². The van der Waals surface area contributed by atoms with Crippen LogP contribution in [0.4, 0.5) is 0 Å². The first-order chi connectivity index (χ1) is 6.73. The highest BCUT2D eigenvalue weighted by molar-refractivity contribution is 5.71. The third-order valence-electron chi connectivity index (χ3n) is 3.32. The Morgan fingerprint density at radius 1 is 1.40 bits per heavy atom. The molecule has 1 aliphatic heterocycles. The summed E-state index contributed by atoms with van der Waals surface area (Å²) in [5, 5.41) is 9.28. The van der Waals surface area contributed by atoms with Crippen LogP contribution < -0.4 is 0 Å². The minimum absolute atomic E-state index is 0.0257. The maximum absolute atomic E-state index is 11.3. The normalized spacial score (nSPS) is 34.1. The first-order valence-electron chi connectivity index (χ1n) is 5.66. The summed E-state index contributed by atoms with van der Waals surface area (Å²) in [6, 6.07) is 0.145. The Morgan fingerprint density at radius 3 is 2.33 bits per heavy atom. The molecule has 0 aromatic heterocycles. The average Bonchev–Trinajstić information content (AvgIpc) is 1.99. The van der Waals surface area contributed by atoms with E-state index in [0.29, 0.717) is 5.92 Å². The number of aliphatic carboxylic acids is 1. The van der Waals surface area contributed by atoms with Gasteiger partial charge in [0.1, 0.15) is 0 Å². The lowest BCUT2D eigenvalue weighted by Crippen LogP contribution is -2.54. The van der Waals surface area contributed by atoms with Crippen LogP contribution in [-0.4, -0.2) is 35.6 Å². The zero-order valence-electron chi connectivity index (χ0n) is 10.4. The predicted molar refractivity (Wildman–Crippen MR) is 60.8 cm³/mol.